The fourth-order valence-electron chi connectivity index (χ4n) is 4.00. The average Bonchev–Trinajstić information content (AvgIpc) is 3.54. The lowest BCUT2D eigenvalue weighted by Gasteiger charge is -2.33. The Morgan fingerprint density at radius 2 is 2.09 bits per heavy atom. The summed E-state index contributed by atoms with van der Waals surface area (Å²) in [5.74, 6) is 1.05. The van der Waals surface area contributed by atoms with Crippen molar-refractivity contribution in [3.05, 3.63) is 34.7 Å². The van der Waals surface area contributed by atoms with Gasteiger partial charge in [-0.05, 0) is 61.7 Å². The predicted molar refractivity (Wildman–Crippen MR) is 134 cm³/mol. The Morgan fingerprint density at radius 3 is 2.83 bits per heavy atom. The number of rotatable bonds is 4. The van der Waals surface area contributed by atoms with Crippen LogP contribution in [0.25, 0.3) is 5.65 Å². The molecule has 2 aliphatic rings. The third-order valence-corrected chi connectivity index (χ3v) is 6.27. The highest BCUT2D eigenvalue weighted by molar-refractivity contribution is 9.10. The van der Waals surface area contributed by atoms with Gasteiger partial charge < -0.3 is 15.0 Å². The van der Waals surface area contributed by atoms with E-state index in [0.29, 0.717) is 31.3 Å². The van der Waals surface area contributed by atoms with Crippen molar-refractivity contribution in [3.63, 3.8) is 0 Å². The summed E-state index contributed by atoms with van der Waals surface area (Å²) in [6.45, 7) is 6.90. The Hall–Kier alpha value is -3.35. The van der Waals surface area contributed by atoms with Gasteiger partial charge in [0.1, 0.15) is 17.6 Å². The predicted octanol–water partition coefficient (Wildman–Crippen LogP) is 3.12. The molecule has 0 spiro atoms. The molecular formula is C22H27BrN10O2. The number of pyridine rings is 1. The number of halogens is 1. The van der Waals surface area contributed by atoms with E-state index >= 15 is 0 Å². The number of nitrogens with one attached hydrogen (secondary N) is 1. The van der Waals surface area contributed by atoms with Crippen LogP contribution in [0.1, 0.15) is 45.3 Å². The zero-order valence-electron chi connectivity index (χ0n) is 19.8. The van der Waals surface area contributed by atoms with Crippen LogP contribution < -0.4 is 5.32 Å². The van der Waals surface area contributed by atoms with Gasteiger partial charge >= 0.3 is 6.09 Å². The summed E-state index contributed by atoms with van der Waals surface area (Å²) < 4.78 is 9.91. The lowest BCUT2D eigenvalue weighted by atomic mass is 10.1. The number of likely N-dealkylation sites (tertiary alicyclic amines) is 1. The second kappa shape index (κ2) is 9.36. The van der Waals surface area contributed by atoms with Gasteiger partial charge in [0.25, 0.3) is 0 Å². The highest BCUT2D eigenvalue weighted by atomic mass is 79.9. The van der Waals surface area contributed by atoms with Crippen molar-refractivity contribution in [2.24, 2.45) is 9.98 Å². The van der Waals surface area contributed by atoms with Crippen LogP contribution in [-0.4, -0.2) is 77.5 Å². The Kier molecular flexibility index (Phi) is 6.26. The summed E-state index contributed by atoms with van der Waals surface area (Å²) in [6, 6.07) is 4.00. The number of hydrogen-bond acceptors (Lipinski definition) is 9. The van der Waals surface area contributed by atoms with Gasteiger partial charge in [-0.15, -0.1) is 10.2 Å². The summed E-state index contributed by atoms with van der Waals surface area (Å²) in [5.41, 5.74) is 1.05. The number of anilines is 1. The summed E-state index contributed by atoms with van der Waals surface area (Å²) in [6.07, 6.45) is 7.08. The molecule has 1 fully saturated rings. The van der Waals surface area contributed by atoms with Crippen LogP contribution in [0.15, 0.2) is 39.0 Å². The molecule has 0 saturated carbocycles. The van der Waals surface area contributed by atoms with Crippen molar-refractivity contribution in [2.75, 3.05) is 18.4 Å². The summed E-state index contributed by atoms with van der Waals surface area (Å²) in [5, 5.41) is 16.1. The highest BCUT2D eigenvalue weighted by Gasteiger charge is 2.28. The van der Waals surface area contributed by atoms with Gasteiger partial charge in [-0.2, -0.15) is 4.98 Å². The lowest BCUT2D eigenvalue weighted by Crippen LogP contribution is -2.42. The van der Waals surface area contributed by atoms with Crippen LogP contribution in [0, 0.1) is 0 Å². The molecule has 5 heterocycles. The van der Waals surface area contributed by atoms with Crippen LogP contribution in [0.2, 0.25) is 0 Å². The van der Waals surface area contributed by atoms with Crippen molar-refractivity contribution in [1.82, 2.24) is 34.5 Å². The molecule has 35 heavy (non-hydrogen) atoms. The third-order valence-electron chi connectivity index (χ3n) is 5.65. The van der Waals surface area contributed by atoms with Crippen molar-refractivity contribution in [1.29, 1.82) is 0 Å². The molecular weight excluding hydrogens is 516 g/mol. The van der Waals surface area contributed by atoms with Crippen molar-refractivity contribution in [3.8, 4) is 0 Å². The quantitative estimate of drug-likeness (QED) is 0.536. The van der Waals surface area contributed by atoms with Crippen molar-refractivity contribution >= 4 is 45.7 Å². The topological polar surface area (TPSA) is 127 Å². The minimum absolute atomic E-state index is 0.197. The molecule has 3 aromatic heterocycles. The van der Waals surface area contributed by atoms with Gasteiger partial charge in [-0.1, -0.05) is 5.21 Å². The number of piperidine rings is 1. The number of aromatic nitrogens is 6. The van der Waals surface area contributed by atoms with Crippen molar-refractivity contribution in [2.45, 2.75) is 57.8 Å². The largest absolute Gasteiger partial charge is 0.444 e. The Bertz CT molecular complexity index is 1280. The molecule has 13 heteroatoms. The molecule has 3 aromatic rings. The maximum Gasteiger partial charge on any atom is 0.410 e. The Labute approximate surface area is 210 Å². The van der Waals surface area contributed by atoms with E-state index in [9.17, 15) is 4.79 Å². The number of ether oxygens (including phenoxy) is 1. The molecule has 184 valence electrons. The molecule has 5 rings (SSSR count). The molecule has 0 aliphatic carbocycles. The number of fused-ring (bicyclic) bond motifs is 1. The molecule has 0 aromatic carbocycles. The Morgan fingerprint density at radius 1 is 1.29 bits per heavy atom. The first-order valence-corrected chi connectivity index (χ1v) is 12.3. The standard InChI is InChI=1S/C22H27BrN10O2/c1-22(2,3)35-21(34)31-9-6-15(7-10-31)33-13-14(28-30-33)11-17-24-12-18(25-17)26-20-27-19-16(23)5-4-8-32(19)29-20/h4-5,8,12-13,15,17H,6-7,9-11H2,1-3H3,(H,25,26,29). The summed E-state index contributed by atoms with van der Waals surface area (Å²) >= 11 is 3.47. The van der Waals surface area contributed by atoms with E-state index in [4.69, 9.17) is 4.74 Å². The maximum atomic E-state index is 12.3. The number of aliphatic imine (C=N–C) groups is 2. The highest BCUT2D eigenvalue weighted by Crippen LogP contribution is 2.24. The third kappa shape index (κ3) is 5.50. The number of nitrogens with zero attached hydrogens (tertiary/aromatic N) is 9. The maximum absolute atomic E-state index is 12.3. The molecule has 1 saturated heterocycles. The molecule has 12 nitrogen and oxygen atoms in total. The molecule has 1 amide bonds. The molecule has 0 radical (unpaired) electrons. The monoisotopic (exact) mass is 542 g/mol. The molecule has 0 bridgehead atoms. The molecule has 1 unspecified atom stereocenters. The van der Waals surface area contributed by atoms with Gasteiger partial charge in [0.2, 0.25) is 5.95 Å². The van der Waals surface area contributed by atoms with Gasteiger partial charge in [0.15, 0.2) is 5.65 Å². The van der Waals surface area contributed by atoms with Gasteiger partial charge in [0.05, 0.1) is 22.4 Å². The van der Waals surface area contributed by atoms with E-state index in [1.165, 1.54) is 0 Å². The lowest BCUT2D eigenvalue weighted by molar-refractivity contribution is 0.0184. The first kappa shape index (κ1) is 23.4. The molecule has 1 atom stereocenters. The first-order chi connectivity index (χ1) is 16.7. The van der Waals surface area contributed by atoms with E-state index < -0.39 is 5.60 Å². The molecule has 2 aliphatic heterocycles. The normalized spacial score (nSPS) is 18.8. The number of amidine groups is 1. The minimum Gasteiger partial charge on any atom is -0.444 e. The first-order valence-electron chi connectivity index (χ1n) is 11.5. The fourth-order valence-corrected chi connectivity index (χ4v) is 4.42. The number of carbonyl (C=O) groups excluding carboxylic acids is 1. The summed E-state index contributed by atoms with van der Waals surface area (Å²) in [4.78, 5) is 27.6. The van der Waals surface area contributed by atoms with Crippen LogP contribution in [0.5, 0.6) is 0 Å². The van der Waals surface area contributed by atoms with Gasteiger partial charge in [-0.25, -0.2) is 19.0 Å². The van der Waals surface area contributed by atoms with Crippen LogP contribution in [0.4, 0.5) is 10.7 Å². The van der Waals surface area contributed by atoms with E-state index in [-0.39, 0.29) is 18.3 Å². The van der Waals surface area contributed by atoms with Crippen LogP contribution in [-0.2, 0) is 11.2 Å². The number of amides is 1. The van der Waals surface area contributed by atoms with E-state index in [1.54, 1.807) is 15.6 Å². The van der Waals surface area contributed by atoms with Crippen LogP contribution in [0.3, 0.4) is 0 Å². The van der Waals surface area contributed by atoms with Gasteiger partial charge in [0, 0.05) is 31.9 Å². The second-order valence-electron chi connectivity index (χ2n) is 9.55. The number of carbonyl (C=O) groups is 1. The molecule has 1 N–H and O–H groups in total. The van der Waals surface area contributed by atoms with Crippen molar-refractivity contribution < 1.29 is 9.53 Å². The average molecular weight is 543 g/mol. The zero-order chi connectivity index (χ0) is 24.6. The minimum atomic E-state index is -0.490. The SMILES string of the molecule is CC(C)(C)OC(=O)N1CCC(n2cc(CC3N=CC(Nc4nc5c(Br)cccn5n4)=N3)nn2)CC1. The Balaban J connectivity index is 1.14. The fraction of sp³-hybridized carbons (Fsp3) is 0.500. The van der Waals surface area contributed by atoms with Crippen LogP contribution >= 0.6 is 15.9 Å². The van der Waals surface area contributed by atoms with E-state index in [1.807, 2.05) is 50.0 Å². The second-order valence-corrected chi connectivity index (χ2v) is 10.4. The summed E-state index contributed by atoms with van der Waals surface area (Å²) in [7, 11) is 0. The van der Waals surface area contributed by atoms with E-state index in [2.05, 4.69) is 51.6 Å². The number of hydrogen-bond donors (Lipinski definition) is 1. The smallest absolute Gasteiger partial charge is 0.410 e. The van der Waals surface area contributed by atoms with E-state index in [0.717, 1.165) is 28.7 Å². The zero-order valence-corrected chi connectivity index (χ0v) is 21.4. The van der Waals surface area contributed by atoms with Gasteiger partial charge in [-0.3, -0.25) is 4.99 Å².